The maximum atomic E-state index is 12.3. The quantitative estimate of drug-likeness (QED) is 0.826. The Labute approximate surface area is 126 Å². The standard InChI is InChI=1S/C14H17NO5S/c1-9(16)12-4-10(8-21-12)5-13(17)15-2-3-20-7-11(15)6-14(18)19/h4,8,11H,2-3,5-7H2,1H3,(H,18,19)/t11-/m0/s1. The Morgan fingerprint density at radius 2 is 2.24 bits per heavy atom. The molecule has 0 saturated carbocycles. The summed E-state index contributed by atoms with van der Waals surface area (Å²) in [5, 5.41) is 10.7. The zero-order valence-corrected chi connectivity index (χ0v) is 12.5. The fourth-order valence-electron chi connectivity index (χ4n) is 2.28. The number of thiophene rings is 1. The van der Waals surface area contributed by atoms with Crippen LogP contribution in [0, 0.1) is 0 Å². The summed E-state index contributed by atoms with van der Waals surface area (Å²) in [4.78, 5) is 36.6. The molecule has 2 heterocycles. The van der Waals surface area contributed by atoms with Crippen molar-refractivity contribution in [3.8, 4) is 0 Å². The van der Waals surface area contributed by atoms with E-state index in [0.29, 0.717) is 18.0 Å². The normalized spacial score (nSPS) is 18.5. The van der Waals surface area contributed by atoms with Crippen molar-refractivity contribution in [1.29, 1.82) is 0 Å². The van der Waals surface area contributed by atoms with Gasteiger partial charge in [0.1, 0.15) is 0 Å². The van der Waals surface area contributed by atoms with Crippen LogP contribution in [0.5, 0.6) is 0 Å². The molecule has 0 radical (unpaired) electrons. The van der Waals surface area contributed by atoms with Crippen molar-refractivity contribution in [2.75, 3.05) is 19.8 Å². The smallest absolute Gasteiger partial charge is 0.305 e. The van der Waals surface area contributed by atoms with Gasteiger partial charge in [0, 0.05) is 6.54 Å². The van der Waals surface area contributed by atoms with Gasteiger partial charge < -0.3 is 14.7 Å². The zero-order valence-electron chi connectivity index (χ0n) is 11.7. The van der Waals surface area contributed by atoms with Crippen LogP contribution in [-0.2, 0) is 20.7 Å². The van der Waals surface area contributed by atoms with Crippen LogP contribution >= 0.6 is 11.3 Å². The molecule has 1 saturated heterocycles. The highest BCUT2D eigenvalue weighted by atomic mass is 32.1. The van der Waals surface area contributed by atoms with Gasteiger partial charge in [-0.2, -0.15) is 0 Å². The van der Waals surface area contributed by atoms with Gasteiger partial charge in [0.2, 0.25) is 5.91 Å². The minimum Gasteiger partial charge on any atom is -0.481 e. The monoisotopic (exact) mass is 311 g/mol. The first kappa shape index (κ1) is 15.7. The van der Waals surface area contributed by atoms with Crippen LogP contribution in [0.15, 0.2) is 11.4 Å². The van der Waals surface area contributed by atoms with Crippen LogP contribution < -0.4 is 0 Å². The summed E-state index contributed by atoms with van der Waals surface area (Å²) in [5.41, 5.74) is 0.788. The second kappa shape index (κ2) is 6.82. The van der Waals surface area contributed by atoms with Gasteiger partial charge in [0.15, 0.2) is 5.78 Å². The van der Waals surface area contributed by atoms with Gasteiger partial charge in [-0.3, -0.25) is 14.4 Å². The maximum Gasteiger partial charge on any atom is 0.305 e. The van der Waals surface area contributed by atoms with Gasteiger partial charge in [-0.05, 0) is 23.9 Å². The number of ether oxygens (including phenoxy) is 1. The number of carbonyl (C=O) groups is 3. The minimum absolute atomic E-state index is 0.0196. The van der Waals surface area contributed by atoms with Gasteiger partial charge in [0.05, 0.1) is 37.0 Å². The molecule has 0 aliphatic carbocycles. The van der Waals surface area contributed by atoms with Crippen molar-refractivity contribution in [1.82, 2.24) is 4.90 Å². The fourth-order valence-corrected chi connectivity index (χ4v) is 3.10. The molecule has 0 aromatic carbocycles. The Balaban J connectivity index is 2.02. The number of Topliss-reactive ketones (excluding diaryl/α,β-unsaturated/α-hetero) is 1. The third kappa shape index (κ3) is 4.12. The van der Waals surface area contributed by atoms with E-state index in [2.05, 4.69) is 0 Å². The predicted octanol–water partition coefficient (Wildman–Crippen LogP) is 1.20. The lowest BCUT2D eigenvalue weighted by molar-refractivity contribution is -0.145. The molecule has 6 nitrogen and oxygen atoms in total. The summed E-state index contributed by atoms with van der Waals surface area (Å²) < 4.78 is 5.25. The number of ketones is 1. The molecule has 1 amide bonds. The minimum atomic E-state index is -0.947. The predicted molar refractivity (Wildman–Crippen MR) is 76.6 cm³/mol. The third-order valence-corrected chi connectivity index (χ3v) is 4.39. The SMILES string of the molecule is CC(=O)c1cc(CC(=O)N2CCOC[C@@H]2CC(=O)O)cs1. The molecule has 0 unspecified atom stereocenters. The van der Waals surface area contributed by atoms with Crippen molar-refractivity contribution < 1.29 is 24.2 Å². The molecule has 7 heteroatoms. The number of aliphatic carboxylic acids is 1. The lowest BCUT2D eigenvalue weighted by atomic mass is 10.1. The van der Waals surface area contributed by atoms with E-state index in [1.54, 1.807) is 16.3 Å². The third-order valence-electron chi connectivity index (χ3n) is 3.31. The summed E-state index contributed by atoms with van der Waals surface area (Å²) in [5.74, 6) is -1.09. The first-order valence-corrected chi connectivity index (χ1v) is 7.52. The molecule has 1 fully saturated rings. The first-order chi connectivity index (χ1) is 9.97. The average molecular weight is 311 g/mol. The highest BCUT2D eigenvalue weighted by molar-refractivity contribution is 7.12. The van der Waals surface area contributed by atoms with Gasteiger partial charge in [-0.25, -0.2) is 0 Å². The number of morpholine rings is 1. The van der Waals surface area contributed by atoms with Crippen LogP contribution in [0.2, 0.25) is 0 Å². The van der Waals surface area contributed by atoms with Crippen molar-refractivity contribution in [3.63, 3.8) is 0 Å². The van der Waals surface area contributed by atoms with Crippen molar-refractivity contribution in [2.45, 2.75) is 25.8 Å². The Morgan fingerprint density at radius 1 is 1.48 bits per heavy atom. The van der Waals surface area contributed by atoms with Crippen LogP contribution in [0.4, 0.5) is 0 Å². The van der Waals surface area contributed by atoms with E-state index in [0.717, 1.165) is 5.56 Å². The molecular formula is C14H17NO5S. The number of nitrogens with zero attached hydrogens (tertiary/aromatic N) is 1. The zero-order chi connectivity index (χ0) is 15.4. The molecule has 21 heavy (non-hydrogen) atoms. The molecule has 0 bridgehead atoms. The van der Waals surface area contributed by atoms with E-state index in [4.69, 9.17) is 9.84 Å². The number of amides is 1. The molecular weight excluding hydrogens is 294 g/mol. The lowest BCUT2D eigenvalue weighted by Gasteiger charge is -2.34. The number of carboxylic acids is 1. The average Bonchev–Trinajstić information content (AvgIpc) is 2.87. The van der Waals surface area contributed by atoms with E-state index in [9.17, 15) is 14.4 Å². The molecule has 1 aliphatic heterocycles. The molecule has 1 N–H and O–H groups in total. The Morgan fingerprint density at radius 3 is 2.86 bits per heavy atom. The molecule has 1 aromatic rings. The van der Waals surface area contributed by atoms with Crippen LogP contribution in [0.3, 0.4) is 0 Å². The van der Waals surface area contributed by atoms with E-state index < -0.39 is 12.0 Å². The topological polar surface area (TPSA) is 83.9 Å². The number of hydrogen-bond donors (Lipinski definition) is 1. The van der Waals surface area contributed by atoms with Gasteiger partial charge in [-0.1, -0.05) is 0 Å². The van der Waals surface area contributed by atoms with E-state index in [1.165, 1.54) is 18.3 Å². The van der Waals surface area contributed by atoms with Crippen LogP contribution in [-0.4, -0.2) is 53.5 Å². The van der Waals surface area contributed by atoms with E-state index in [1.807, 2.05) is 0 Å². The second-order valence-electron chi connectivity index (χ2n) is 4.97. The number of hydrogen-bond acceptors (Lipinski definition) is 5. The Kier molecular flexibility index (Phi) is 5.08. The van der Waals surface area contributed by atoms with Gasteiger partial charge in [0.25, 0.3) is 0 Å². The number of rotatable bonds is 5. The summed E-state index contributed by atoms with van der Waals surface area (Å²) in [7, 11) is 0. The van der Waals surface area contributed by atoms with Crippen molar-refractivity contribution in [3.05, 3.63) is 21.9 Å². The number of carboxylic acid groups (broad SMARTS) is 1. The molecule has 0 spiro atoms. The Hall–Kier alpha value is -1.73. The lowest BCUT2D eigenvalue weighted by Crippen LogP contribution is -2.50. The van der Waals surface area contributed by atoms with Crippen molar-refractivity contribution in [2.24, 2.45) is 0 Å². The molecule has 1 aliphatic rings. The first-order valence-electron chi connectivity index (χ1n) is 6.64. The number of carbonyl (C=O) groups excluding carboxylic acids is 2. The maximum absolute atomic E-state index is 12.3. The highest BCUT2D eigenvalue weighted by Gasteiger charge is 2.29. The highest BCUT2D eigenvalue weighted by Crippen LogP contribution is 2.18. The molecule has 1 aromatic heterocycles. The summed E-state index contributed by atoms with van der Waals surface area (Å²) in [6.07, 6.45) is 0.0635. The van der Waals surface area contributed by atoms with E-state index >= 15 is 0 Å². The van der Waals surface area contributed by atoms with Crippen LogP contribution in [0.1, 0.15) is 28.6 Å². The summed E-state index contributed by atoms with van der Waals surface area (Å²) in [6, 6.07) is 1.30. The summed E-state index contributed by atoms with van der Waals surface area (Å²) >= 11 is 1.32. The van der Waals surface area contributed by atoms with Crippen molar-refractivity contribution >= 4 is 29.0 Å². The van der Waals surface area contributed by atoms with Crippen LogP contribution in [0.25, 0.3) is 0 Å². The second-order valence-corrected chi connectivity index (χ2v) is 5.88. The van der Waals surface area contributed by atoms with Gasteiger partial charge in [-0.15, -0.1) is 11.3 Å². The Bertz CT molecular complexity index is 553. The molecule has 114 valence electrons. The van der Waals surface area contributed by atoms with E-state index in [-0.39, 0.29) is 31.1 Å². The fraction of sp³-hybridized carbons (Fsp3) is 0.500. The van der Waals surface area contributed by atoms with Gasteiger partial charge >= 0.3 is 5.97 Å². The summed E-state index contributed by atoms with van der Waals surface area (Å²) in [6.45, 7) is 2.56. The molecule has 2 rings (SSSR count). The molecule has 1 atom stereocenters. The largest absolute Gasteiger partial charge is 0.481 e.